The number of carbonyl (C=O) groups is 1. The number of esters is 1. The highest BCUT2D eigenvalue weighted by molar-refractivity contribution is 5.78. The lowest BCUT2D eigenvalue weighted by atomic mass is 10.2. The van der Waals surface area contributed by atoms with Gasteiger partial charge in [-0.25, -0.2) is 4.79 Å². The van der Waals surface area contributed by atoms with Crippen molar-refractivity contribution >= 4 is 11.7 Å². The van der Waals surface area contributed by atoms with Crippen molar-refractivity contribution in [2.75, 3.05) is 12.4 Å². The molecule has 0 aliphatic carbocycles. The summed E-state index contributed by atoms with van der Waals surface area (Å²) in [5.74, 6) is -0.277. The molecule has 1 heterocycles. The zero-order valence-corrected chi connectivity index (χ0v) is 9.57. The monoisotopic (exact) mass is 211 g/mol. The SMILES string of the molecule is CCc1nn(C)cc1NC(C)C(=O)OC. The van der Waals surface area contributed by atoms with Crippen LogP contribution < -0.4 is 5.32 Å². The maximum Gasteiger partial charge on any atom is 0.327 e. The van der Waals surface area contributed by atoms with Gasteiger partial charge in [0.2, 0.25) is 0 Å². The highest BCUT2D eigenvalue weighted by Gasteiger charge is 2.15. The van der Waals surface area contributed by atoms with Crippen LogP contribution in [0.25, 0.3) is 0 Å². The van der Waals surface area contributed by atoms with E-state index in [-0.39, 0.29) is 12.0 Å². The Balaban J connectivity index is 2.75. The van der Waals surface area contributed by atoms with Gasteiger partial charge in [0.25, 0.3) is 0 Å². The Labute approximate surface area is 89.4 Å². The molecule has 5 heteroatoms. The molecule has 0 radical (unpaired) electrons. The van der Waals surface area contributed by atoms with E-state index < -0.39 is 0 Å². The Hall–Kier alpha value is -1.52. The summed E-state index contributed by atoms with van der Waals surface area (Å²) in [5, 5.41) is 7.34. The van der Waals surface area contributed by atoms with E-state index in [1.165, 1.54) is 7.11 Å². The maximum atomic E-state index is 11.2. The molecule has 0 aromatic carbocycles. The van der Waals surface area contributed by atoms with E-state index in [1.807, 2.05) is 20.2 Å². The number of carbonyl (C=O) groups excluding carboxylic acids is 1. The van der Waals surface area contributed by atoms with Gasteiger partial charge < -0.3 is 10.1 Å². The summed E-state index contributed by atoms with van der Waals surface area (Å²) in [6, 6.07) is -0.357. The minimum atomic E-state index is -0.357. The van der Waals surface area contributed by atoms with Crippen molar-refractivity contribution in [1.29, 1.82) is 0 Å². The van der Waals surface area contributed by atoms with Gasteiger partial charge in [0.1, 0.15) is 6.04 Å². The van der Waals surface area contributed by atoms with Crippen LogP contribution in [0.4, 0.5) is 5.69 Å². The van der Waals surface area contributed by atoms with Crippen molar-refractivity contribution in [2.45, 2.75) is 26.3 Å². The molecule has 5 nitrogen and oxygen atoms in total. The minimum absolute atomic E-state index is 0.277. The van der Waals surface area contributed by atoms with Crippen LogP contribution in [-0.4, -0.2) is 28.9 Å². The summed E-state index contributed by atoms with van der Waals surface area (Å²) in [6.45, 7) is 3.79. The molecule has 0 saturated carbocycles. The fraction of sp³-hybridized carbons (Fsp3) is 0.600. The third kappa shape index (κ3) is 2.71. The predicted molar refractivity (Wildman–Crippen MR) is 57.7 cm³/mol. The Kier molecular flexibility index (Phi) is 3.71. The van der Waals surface area contributed by atoms with Crippen molar-refractivity contribution < 1.29 is 9.53 Å². The van der Waals surface area contributed by atoms with Crippen molar-refractivity contribution in [3.8, 4) is 0 Å². The summed E-state index contributed by atoms with van der Waals surface area (Å²) in [4.78, 5) is 11.2. The van der Waals surface area contributed by atoms with Crippen LogP contribution >= 0.6 is 0 Å². The third-order valence-electron chi connectivity index (χ3n) is 2.17. The zero-order valence-electron chi connectivity index (χ0n) is 9.57. The molecule has 0 bridgehead atoms. The molecule has 0 amide bonds. The number of aryl methyl sites for hydroxylation is 2. The largest absolute Gasteiger partial charge is 0.467 e. The van der Waals surface area contributed by atoms with E-state index in [0.717, 1.165) is 17.8 Å². The Morgan fingerprint density at radius 3 is 2.93 bits per heavy atom. The van der Waals surface area contributed by atoms with Crippen LogP contribution in [0, 0.1) is 0 Å². The summed E-state index contributed by atoms with van der Waals surface area (Å²) >= 11 is 0. The number of hydrogen-bond acceptors (Lipinski definition) is 4. The van der Waals surface area contributed by atoms with Gasteiger partial charge in [-0.3, -0.25) is 4.68 Å². The number of anilines is 1. The smallest absolute Gasteiger partial charge is 0.327 e. The van der Waals surface area contributed by atoms with Gasteiger partial charge in [-0.1, -0.05) is 6.92 Å². The molecule has 1 atom stereocenters. The molecule has 1 aromatic heterocycles. The summed E-state index contributed by atoms with van der Waals surface area (Å²) in [7, 11) is 3.23. The normalized spacial score (nSPS) is 12.3. The molecule has 0 aliphatic heterocycles. The molecule has 0 spiro atoms. The number of nitrogens with zero attached hydrogens (tertiary/aromatic N) is 2. The van der Waals surface area contributed by atoms with E-state index in [0.29, 0.717) is 0 Å². The second-order valence-corrected chi connectivity index (χ2v) is 3.41. The Morgan fingerprint density at radius 1 is 1.73 bits per heavy atom. The number of rotatable bonds is 4. The van der Waals surface area contributed by atoms with Gasteiger partial charge in [-0.2, -0.15) is 5.10 Å². The van der Waals surface area contributed by atoms with Gasteiger partial charge in [0.15, 0.2) is 0 Å². The summed E-state index contributed by atoms with van der Waals surface area (Å²) in [6.07, 6.45) is 2.69. The Bertz CT molecular complexity index is 346. The molecule has 15 heavy (non-hydrogen) atoms. The van der Waals surface area contributed by atoms with E-state index in [4.69, 9.17) is 0 Å². The fourth-order valence-electron chi connectivity index (χ4n) is 1.39. The summed E-state index contributed by atoms with van der Waals surface area (Å²) < 4.78 is 6.36. The molecule has 1 aromatic rings. The van der Waals surface area contributed by atoms with Crippen LogP contribution in [0.1, 0.15) is 19.5 Å². The zero-order chi connectivity index (χ0) is 11.4. The van der Waals surface area contributed by atoms with Crippen LogP contribution in [0.3, 0.4) is 0 Å². The molecule has 1 rings (SSSR count). The molecule has 0 fully saturated rings. The van der Waals surface area contributed by atoms with Crippen molar-refractivity contribution in [3.63, 3.8) is 0 Å². The van der Waals surface area contributed by atoms with Crippen molar-refractivity contribution in [3.05, 3.63) is 11.9 Å². The molecule has 0 aliphatic rings. The second kappa shape index (κ2) is 4.82. The number of aromatic nitrogens is 2. The maximum absolute atomic E-state index is 11.2. The molecule has 1 unspecified atom stereocenters. The highest BCUT2D eigenvalue weighted by atomic mass is 16.5. The fourth-order valence-corrected chi connectivity index (χ4v) is 1.39. The topological polar surface area (TPSA) is 56.2 Å². The summed E-state index contributed by atoms with van der Waals surface area (Å²) in [5.41, 5.74) is 1.84. The third-order valence-corrected chi connectivity index (χ3v) is 2.17. The van der Waals surface area contributed by atoms with Crippen molar-refractivity contribution in [2.24, 2.45) is 7.05 Å². The Morgan fingerprint density at radius 2 is 2.40 bits per heavy atom. The van der Waals surface area contributed by atoms with Crippen LogP contribution in [-0.2, 0) is 23.0 Å². The molecule has 1 N–H and O–H groups in total. The lowest BCUT2D eigenvalue weighted by Crippen LogP contribution is -2.27. The first-order chi connectivity index (χ1) is 7.08. The molecule has 0 saturated heterocycles. The van der Waals surface area contributed by atoms with Crippen LogP contribution in [0.2, 0.25) is 0 Å². The van der Waals surface area contributed by atoms with E-state index >= 15 is 0 Å². The van der Waals surface area contributed by atoms with Gasteiger partial charge >= 0.3 is 5.97 Å². The quantitative estimate of drug-likeness (QED) is 0.753. The second-order valence-electron chi connectivity index (χ2n) is 3.41. The van der Waals surface area contributed by atoms with Gasteiger partial charge in [-0.05, 0) is 13.3 Å². The first-order valence-corrected chi connectivity index (χ1v) is 4.95. The predicted octanol–water partition coefficient (Wildman–Crippen LogP) is 0.956. The standard InChI is InChI=1S/C10H17N3O2/c1-5-8-9(6-13(3)12-8)11-7(2)10(14)15-4/h6-7,11H,5H2,1-4H3. The van der Waals surface area contributed by atoms with E-state index in [2.05, 4.69) is 15.2 Å². The van der Waals surface area contributed by atoms with E-state index in [1.54, 1.807) is 11.6 Å². The average molecular weight is 211 g/mol. The molecule has 84 valence electrons. The van der Waals surface area contributed by atoms with Gasteiger partial charge in [0, 0.05) is 13.2 Å². The average Bonchev–Trinajstić information content (AvgIpc) is 2.57. The number of nitrogens with one attached hydrogen (secondary N) is 1. The first kappa shape index (κ1) is 11.6. The lowest BCUT2D eigenvalue weighted by Gasteiger charge is -2.11. The first-order valence-electron chi connectivity index (χ1n) is 4.95. The van der Waals surface area contributed by atoms with Crippen LogP contribution in [0.5, 0.6) is 0 Å². The van der Waals surface area contributed by atoms with Crippen LogP contribution in [0.15, 0.2) is 6.20 Å². The number of ether oxygens (including phenoxy) is 1. The minimum Gasteiger partial charge on any atom is -0.467 e. The highest BCUT2D eigenvalue weighted by Crippen LogP contribution is 2.14. The number of methoxy groups -OCH3 is 1. The van der Waals surface area contributed by atoms with Crippen molar-refractivity contribution in [1.82, 2.24) is 9.78 Å². The molecular formula is C10H17N3O2. The van der Waals surface area contributed by atoms with Gasteiger partial charge in [-0.15, -0.1) is 0 Å². The number of hydrogen-bond donors (Lipinski definition) is 1. The molecular weight excluding hydrogens is 194 g/mol. The van der Waals surface area contributed by atoms with Gasteiger partial charge in [0.05, 0.1) is 18.5 Å². The lowest BCUT2D eigenvalue weighted by molar-refractivity contribution is -0.141. The van der Waals surface area contributed by atoms with E-state index in [9.17, 15) is 4.79 Å².